The summed E-state index contributed by atoms with van der Waals surface area (Å²) in [6.07, 6.45) is -5.42. The Bertz CT molecular complexity index is 1260. The summed E-state index contributed by atoms with van der Waals surface area (Å²) in [5.41, 5.74) is 6.15. The molecule has 39 heavy (non-hydrogen) atoms. The fourth-order valence-corrected chi connectivity index (χ4v) is 4.00. The number of benzene rings is 3. The molecule has 0 spiro atoms. The maximum atomic E-state index is 12.2. The fraction of sp³-hybridized carbons (Fsp3) is 0.333. The van der Waals surface area contributed by atoms with Crippen molar-refractivity contribution in [2.24, 2.45) is 0 Å². The van der Waals surface area contributed by atoms with Gasteiger partial charge in [0.2, 0.25) is 0 Å². The molecule has 0 bridgehead atoms. The molecule has 0 saturated carbocycles. The molecule has 0 fully saturated rings. The third-order valence-electron chi connectivity index (χ3n) is 5.91. The van der Waals surface area contributed by atoms with E-state index in [9.17, 15) is 22.8 Å². The first kappa shape index (κ1) is 29.7. The van der Waals surface area contributed by atoms with Crippen molar-refractivity contribution in [2.45, 2.75) is 39.5 Å². The minimum atomic E-state index is -5.20. The van der Waals surface area contributed by atoms with E-state index in [1.807, 2.05) is 26.2 Å². The Morgan fingerprint density at radius 1 is 0.846 bits per heavy atom. The molecule has 0 N–H and O–H groups in total. The first-order chi connectivity index (χ1) is 18.4. The largest absolute Gasteiger partial charge is 0.492 e. The molecule has 0 unspecified atom stereocenters. The van der Waals surface area contributed by atoms with E-state index >= 15 is 0 Å². The van der Waals surface area contributed by atoms with Crippen LogP contribution in [0.3, 0.4) is 0 Å². The zero-order chi connectivity index (χ0) is 28.6. The highest BCUT2D eigenvalue weighted by atomic mass is 19.4. The van der Waals surface area contributed by atoms with Gasteiger partial charge in [0.1, 0.15) is 24.7 Å². The van der Waals surface area contributed by atoms with E-state index < -0.39 is 18.1 Å². The maximum Gasteiger partial charge on any atom is 0.491 e. The van der Waals surface area contributed by atoms with Crippen LogP contribution in [0, 0.1) is 13.8 Å². The Hall–Kier alpha value is -3.85. The van der Waals surface area contributed by atoms with E-state index in [1.54, 1.807) is 24.3 Å². The number of hydrogen-bond acceptors (Lipinski definition) is 6. The minimum Gasteiger partial charge on any atom is -0.492 e. The Balaban J connectivity index is 1.57. The van der Waals surface area contributed by atoms with Gasteiger partial charge in [-0.3, -0.25) is 4.79 Å². The zero-order valence-electron chi connectivity index (χ0n) is 22.4. The molecule has 0 amide bonds. The van der Waals surface area contributed by atoms with Crippen LogP contribution in [0.15, 0.2) is 60.7 Å². The quantitative estimate of drug-likeness (QED) is 0.217. The predicted molar refractivity (Wildman–Crippen MR) is 142 cm³/mol. The first-order valence-corrected chi connectivity index (χ1v) is 12.4. The van der Waals surface area contributed by atoms with Gasteiger partial charge in [-0.15, -0.1) is 0 Å². The number of esters is 2. The van der Waals surface area contributed by atoms with Gasteiger partial charge < -0.3 is 19.1 Å². The van der Waals surface area contributed by atoms with Gasteiger partial charge in [-0.2, -0.15) is 13.2 Å². The summed E-state index contributed by atoms with van der Waals surface area (Å²) in [6.45, 7) is 5.93. The summed E-state index contributed by atoms with van der Waals surface area (Å²) in [5.74, 6) is -2.28. The van der Waals surface area contributed by atoms with Crippen LogP contribution < -0.4 is 9.47 Å². The average Bonchev–Trinajstić information content (AvgIpc) is 2.86. The second-order valence-corrected chi connectivity index (χ2v) is 9.48. The van der Waals surface area contributed by atoms with Crippen molar-refractivity contribution < 1.29 is 37.0 Å². The van der Waals surface area contributed by atoms with Crippen LogP contribution in [0.1, 0.15) is 28.7 Å². The molecule has 0 aliphatic carbocycles. The normalized spacial score (nSPS) is 11.4. The lowest BCUT2D eigenvalue weighted by atomic mass is 9.94. The smallest absolute Gasteiger partial charge is 0.491 e. The van der Waals surface area contributed by atoms with Gasteiger partial charge in [0, 0.05) is 6.54 Å². The van der Waals surface area contributed by atoms with Crippen molar-refractivity contribution in [3.8, 4) is 22.6 Å². The first-order valence-electron chi connectivity index (χ1n) is 12.4. The summed E-state index contributed by atoms with van der Waals surface area (Å²) in [4.78, 5) is 24.3. The lowest BCUT2D eigenvalue weighted by Crippen LogP contribution is -2.28. The number of rotatable bonds is 11. The highest BCUT2D eigenvalue weighted by molar-refractivity contribution is 5.88. The molecular weight excluding hydrogens is 511 g/mol. The van der Waals surface area contributed by atoms with Gasteiger partial charge in [-0.05, 0) is 98.1 Å². The summed E-state index contributed by atoms with van der Waals surface area (Å²) in [7, 11) is 4.02. The van der Waals surface area contributed by atoms with Crippen LogP contribution >= 0.6 is 0 Å². The van der Waals surface area contributed by atoms with E-state index in [4.69, 9.17) is 9.47 Å². The van der Waals surface area contributed by atoms with E-state index in [1.165, 1.54) is 0 Å². The van der Waals surface area contributed by atoms with E-state index in [0.29, 0.717) is 24.5 Å². The molecule has 3 aromatic carbocycles. The average molecular weight is 544 g/mol. The fourth-order valence-electron chi connectivity index (χ4n) is 4.00. The van der Waals surface area contributed by atoms with Crippen molar-refractivity contribution in [1.82, 2.24) is 4.90 Å². The maximum absolute atomic E-state index is 12.2. The molecule has 0 radical (unpaired) electrons. The van der Waals surface area contributed by atoms with Crippen molar-refractivity contribution >= 4 is 11.9 Å². The van der Waals surface area contributed by atoms with E-state index in [2.05, 4.69) is 47.7 Å². The van der Waals surface area contributed by atoms with Gasteiger partial charge >= 0.3 is 18.1 Å². The zero-order valence-corrected chi connectivity index (χ0v) is 22.4. The van der Waals surface area contributed by atoms with Gasteiger partial charge in [-0.25, -0.2) is 4.79 Å². The molecule has 208 valence electrons. The molecule has 0 atom stereocenters. The Morgan fingerprint density at radius 3 is 2.13 bits per heavy atom. The van der Waals surface area contributed by atoms with Crippen LogP contribution in [0.5, 0.6) is 11.5 Å². The van der Waals surface area contributed by atoms with Gasteiger partial charge in [-0.1, -0.05) is 30.3 Å². The van der Waals surface area contributed by atoms with Crippen molar-refractivity contribution in [3.05, 3.63) is 82.9 Å². The molecule has 3 rings (SSSR count). The van der Waals surface area contributed by atoms with Crippen molar-refractivity contribution in [2.75, 3.05) is 27.2 Å². The number of alkyl halides is 3. The van der Waals surface area contributed by atoms with Crippen LogP contribution in [0.4, 0.5) is 13.2 Å². The number of ether oxygens (including phenoxy) is 3. The van der Waals surface area contributed by atoms with Gasteiger partial charge in [0.05, 0.1) is 6.42 Å². The molecule has 9 heteroatoms. The highest BCUT2D eigenvalue weighted by Crippen LogP contribution is 2.32. The number of carbonyl (C=O) groups is 2. The number of likely N-dealkylation sites (N-methyl/N-ethyl adjacent to an activating group) is 1. The third-order valence-corrected chi connectivity index (χ3v) is 5.91. The topological polar surface area (TPSA) is 65.1 Å². The third kappa shape index (κ3) is 9.14. The number of aryl methyl sites for hydroxylation is 3. The minimum absolute atomic E-state index is 0.129. The summed E-state index contributed by atoms with van der Waals surface area (Å²) < 4.78 is 52.2. The highest BCUT2D eigenvalue weighted by Gasteiger charge is 2.42. The summed E-state index contributed by atoms with van der Waals surface area (Å²) in [6, 6.07) is 19.1. The molecule has 0 aromatic heterocycles. The lowest BCUT2D eigenvalue weighted by Gasteiger charge is -2.16. The molecule has 0 aliphatic heterocycles. The number of carbonyl (C=O) groups excluding carboxylic acids is 2. The predicted octanol–water partition coefficient (Wildman–Crippen LogP) is 6.05. The van der Waals surface area contributed by atoms with Crippen molar-refractivity contribution in [1.29, 1.82) is 0 Å². The molecule has 0 saturated heterocycles. The Kier molecular flexibility index (Phi) is 10.1. The van der Waals surface area contributed by atoms with E-state index in [0.717, 1.165) is 40.1 Å². The van der Waals surface area contributed by atoms with Crippen molar-refractivity contribution in [3.63, 3.8) is 0 Å². The second kappa shape index (κ2) is 13.3. The van der Waals surface area contributed by atoms with E-state index in [-0.39, 0.29) is 12.8 Å². The number of nitrogens with zero attached hydrogens (tertiary/aromatic N) is 1. The molecule has 6 nitrogen and oxygen atoms in total. The Morgan fingerprint density at radius 2 is 1.51 bits per heavy atom. The summed E-state index contributed by atoms with van der Waals surface area (Å²) >= 11 is 0. The van der Waals surface area contributed by atoms with Crippen LogP contribution in [-0.4, -0.2) is 50.3 Å². The lowest BCUT2D eigenvalue weighted by molar-refractivity contribution is -0.201. The summed E-state index contributed by atoms with van der Waals surface area (Å²) in [5, 5.41) is 0. The number of hydrogen-bond donors (Lipinski definition) is 0. The molecule has 0 aliphatic rings. The molecule has 0 heterocycles. The van der Waals surface area contributed by atoms with Crippen LogP contribution in [0.25, 0.3) is 11.1 Å². The van der Waals surface area contributed by atoms with Gasteiger partial charge in [0.25, 0.3) is 0 Å². The molecule has 3 aromatic rings. The van der Waals surface area contributed by atoms with Crippen LogP contribution in [0.2, 0.25) is 0 Å². The molecular formula is C30H32F3NO5. The Labute approximate surface area is 226 Å². The standard InChI is InChI=1S/C30H32F3NO5/c1-20-16-26(37-15-14-34(3)4)17-21(2)28(20)24-7-5-6-23(18-24)19-38-25-11-8-22(9-12-25)10-13-27(35)39-29(36)30(31,32)33/h5-9,11-12,16-18H,10,13-15,19H2,1-4H3. The monoisotopic (exact) mass is 543 g/mol. The SMILES string of the molecule is Cc1cc(OCCN(C)C)cc(C)c1-c1cccc(COc2ccc(CCC(=O)OC(=O)C(F)(F)F)cc2)c1. The van der Waals surface area contributed by atoms with Gasteiger partial charge in [0.15, 0.2) is 0 Å². The second-order valence-electron chi connectivity index (χ2n) is 9.48. The number of halogens is 3. The van der Waals surface area contributed by atoms with Crippen LogP contribution in [-0.2, 0) is 27.4 Å².